The van der Waals surface area contributed by atoms with Gasteiger partial charge in [-0.3, -0.25) is 14.6 Å². The van der Waals surface area contributed by atoms with Crippen molar-refractivity contribution < 1.29 is 18.0 Å². The number of likely N-dealkylation sites (N-methyl/N-ethyl adjacent to an activating group) is 1. The van der Waals surface area contributed by atoms with E-state index in [4.69, 9.17) is 5.26 Å². The molecule has 1 amide bonds. The third-order valence-corrected chi connectivity index (χ3v) is 5.18. The average molecular weight is 380 g/mol. The summed E-state index contributed by atoms with van der Waals surface area (Å²) in [6.45, 7) is 0.550. The lowest BCUT2D eigenvalue weighted by atomic mass is 10.1. The molecule has 0 spiro atoms. The number of amides is 1. The van der Waals surface area contributed by atoms with E-state index in [9.17, 15) is 18.0 Å². The standard InChI is InChI=1S/C17H15F3N4OS/c1-23(15(25)14-6-3-7-24(14)10-21)16-22-13(9-26-16)11-4-2-5-12(8-11)17(18,19)20/h2,4-5,8-9,14H,3,6-7H2,1H3/t14-/m0/s1. The van der Waals surface area contributed by atoms with Crippen molar-refractivity contribution in [1.29, 1.82) is 5.26 Å². The Morgan fingerprint density at radius 3 is 2.92 bits per heavy atom. The Bertz CT molecular complexity index is 858. The summed E-state index contributed by atoms with van der Waals surface area (Å²) in [5, 5.41) is 11.1. The monoisotopic (exact) mass is 380 g/mol. The molecule has 3 rings (SSSR count). The van der Waals surface area contributed by atoms with Crippen molar-refractivity contribution in [3.05, 3.63) is 35.2 Å². The van der Waals surface area contributed by atoms with Gasteiger partial charge >= 0.3 is 6.18 Å². The number of hydrogen-bond donors (Lipinski definition) is 0. The number of aromatic nitrogens is 1. The first-order valence-corrected chi connectivity index (χ1v) is 8.76. The topological polar surface area (TPSA) is 60.2 Å². The number of thiazole rings is 1. The smallest absolute Gasteiger partial charge is 0.298 e. The molecule has 9 heteroatoms. The molecule has 1 saturated heterocycles. The number of halogens is 3. The number of hydrogen-bond acceptors (Lipinski definition) is 5. The van der Waals surface area contributed by atoms with E-state index in [1.54, 1.807) is 18.5 Å². The Labute approximate surface area is 152 Å². The lowest BCUT2D eigenvalue weighted by molar-refractivity contribution is -0.137. The Kier molecular flexibility index (Phi) is 4.87. The molecule has 5 nitrogen and oxygen atoms in total. The Hall–Kier alpha value is -2.60. The molecule has 2 aromatic rings. The van der Waals surface area contributed by atoms with E-state index in [1.165, 1.54) is 27.2 Å². The highest BCUT2D eigenvalue weighted by molar-refractivity contribution is 7.14. The molecule has 1 aromatic heterocycles. The lowest BCUT2D eigenvalue weighted by Gasteiger charge is -2.22. The van der Waals surface area contributed by atoms with Crippen molar-refractivity contribution in [2.75, 3.05) is 18.5 Å². The fourth-order valence-corrected chi connectivity index (χ4v) is 3.67. The van der Waals surface area contributed by atoms with Gasteiger partial charge in [0.15, 0.2) is 11.3 Å². The maximum absolute atomic E-state index is 12.9. The van der Waals surface area contributed by atoms with Crippen LogP contribution in [-0.4, -0.2) is 35.4 Å². The van der Waals surface area contributed by atoms with Crippen molar-refractivity contribution in [2.45, 2.75) is 25.1 Å². The van der Waals surface area contributed by atoms with E-state index in [-0.39, 0.29) is 5.91 Å². The zero-order chi connectivity index (χ0) is 18.9. The van der Waals surface area contributed by atoms with Gasteiger partial charge in [-0.2, -0.15) is 18.4 Å². The molecule has 1 aromatic carbocycles. The Morgan fingerprint density at radius 2 is 2.23 bits per heavy atom. The second kappa shape index (κ2) is 6.96. The molecule has 1 fully saturated rings. The van der Waals surface area contributed by atoms with Gasteiger partial charge in [0.2, 0.25) is 0 Å². The van der Waals surface area contributed by atoms with Crippen LogP contribution in [0.5, 0.6) is 0 Å². The van der Waals surface area contributed by atoms with Crippen LogP contribution >= 0.6 is 11.3 Å². The number of rotatable bonds is 3. The number of benzene rings is 1. The van der Waals surface area contributed by atoms with Gasteiger partial charge in [-0.15, -0.1) is 11.3 Å². The number of likely N-dealkylation sites (tertiary alicyclic amines) is 1. The highest BCUT2D eigenvalue weighted by atomic mass is 32.1. The Morgan fingerprint density at radius 1 is 1.46 bits per heavy atom. The maximum Gasteiger partial charge on any atom is 0.416 e. The van der Waals surface area contributed by atoms with Crippen molar-refractivity contribution >= 4 is 22.4 Å². The molecule has 26 heavy (non-hydrogen) atoms. The number of nitriles is 1. The molecule has 0 radical (unpaired) electrons. The quantitative estimate of drug-likeness (QED) is 0.761. The third kappa shape index (κ3) is 3.51. The second-order valence-corrected chi connectivity index (χ2v) is 6.78. The molecule has 0 bridgehead atoms. The fourth-order valence-electron chi connectivity index (χ4n) is 2.87. The predicted molar refractivity (Wildman–Crippen MR) is 91.3 cm³/mol. The summed E-state index contributed by atoms with van der Waals surface area (Å²) >= 11 is 1.17. The summed E-state index contributed by atoms with van der Waals surface area (Å²) in [6, 6.07) is 4.41. The van der Waals surface area contributed by atoms with E-state index in [1.807, 2.05) is 6.19 Å². The van der Waals surface area contributed by atoms with Gasteiger partial charge in [0.1, 0.15) is 6.04 Å². The third-order valence-electron chi connectivity index (χ3n) is 4.26. The van der Waals surface area contributed by atoms with Gasteiger partial charge < -0.3 is 0 Å². The fraction of sp³-hybridized carbons (Fsp3) is 0.353. The van der Waals surface area contributed by atoms with Crippen molar-refractivity contribution in [1.82, 2.24) is 9.88 Å². The van der Waals surface area contributed by atoms with Crippen LogP contribution in [-0.2, 0) is 11.0 Å². The number of carbonyl (C=O) groups is 1. The molecule has 0 aliphatic carbocycles. The number of alkyl halides is 3. The van der Waals surface area contributed by atoms with Crippen LogP contribution in [0, 0.1) is 11.5 Å². The van der Waals surface area contributed by atoms with Crippen LogP contribution in [0.25, 0.3) is 11.3 Å². The van der Waals surface area contributed by atoms with Gasteiger partial charge in [-0.05, 0) is 25.0 Å². The van der Waals surface area contributed by atoms with E-state index in [0.717, 1.165) is 18.6 Å². The molecule has 1 aliphatic rings. The van der Waals surface area contributed by atoms with Crippen molar-refractivity contribution in [3.63, 3.8) is 0 Å². The molecule has 1 atom stereocenters. The van der Waals surface area contributed by atoms with Crippen LogP contribution in [0.1, 0.15) is 18.4 Å². The summed E-state index contributed by atoms with van der Waals surface area (Å²) in [7, 11) is 1.56. The van der Waals surface area contributed by atoms with Crippen LogP contribution in [0.3, 0.4) is 0 Å². The molecular weight excluding hydrogens is 365 g/mol. The summed E-state index contributed by atoms with van der Waals surface area (Å²) in [5.74, 6) is -0.242. The number of carbonyl (C=O) groups excluding carboxylic acids is 1. The highest BCUT2D eigenvalue weighted by Gasteiger charge is 2.33. The zero-order valence-corrected chi connectivity index (χ0v) is 14.6. The minimum atomic E-state index is -4.43. The minimum absolute atomic E-state index is 0.242. The van der Waals surface area contributed by atoms with Crippen molar-refractivity contribution in [2.24, 2.45) is 0 Å². The minimum Gasteiger partial charge on any atom is -0.298 e. The first-order valence-electron chi connectivity index (χ1n) is 7.88. The average Bonchev–Trinajstić information content (AvgIpc) is 3.29. The van der Waals surface area contributed by atoms with Gasteiger partial charge in [0.05, 0.1) is 11.3 Å². The van der Waals surface area contributed by atoms with Crippen molar-refractivity contribution in [3.8, 4) is 17.5 Å². The van der Waals surface area contributed by atoms with Crippen LogP contribution in [0.4, 0.5) is 18.3 Å². The second-order valence-electron chi connectivity index (χ2n) is 5.94. The number of nitrogens with zero attached hydrogens (tertiary/aromatic N) is 4. The number of anilines is 1. The zero-order valence-electron chi connectivity index (χ0n) is 13.8. The van der Waals surface area contributed by atoms with Crippen LogP contribution < -0.4 is 4.90 Å². The summed E-state index contributed by atoms with van der Waals surface area (Å²) in [6.07, 6.45) is -1.04. The maximum atomic E-state index is 12.9. The first-order chi connectivity index (χ1) is 12.3. The molecule has 0 N–H and O–H groups in total. The normalized spacial score (nSPS) is 17.2. The van der Waals surface area contributed by atoms with Crippen LogP contribution in [0.2, 0.25) is 0 Å². The molecule has 2 heterocycles. The summed E-state index contributed by atoms with van der Waals surface area (Å²) < 4.78 is 38.6. The highest BCUT2D eigenvalue weighted by Crippen LogP contribution is 2.34. The summed E-state index contributed by atoms with van der Waals surface area (Å²) in [5.41, 5.74) is -0.0356. The molecular formula is C17H15F3N4OS. The van der Waals surface area contributed by atoms with Gasteiger partial charge in [0, 0.05) is 24.5 Å². The van der Waals surface area contributed by atoms with Gasteiger partial charge in [-0.25, -0.2) is 4.98 Å². The molecule has 1 aliphatic heterocycles. The van der Waals surface area contributed by atoms with E-state index >= 15 is 0 Å². The predicted octanol–water partition coefficient (Wildman–Crippen LogP) is 3.74. The van der Waals surface area contributed by atoms with Gasteiger partial charge in [0.25, 0.3) is 5.91 Å². The summed E-state index contributed by atoms with van der Waals surface area (Å²) in [4.78, 5) is 19.7. The van der Waals surface area contributed by atoms with E-state index < -0.39 is 17.8 Å². The van der Waals surface area contributed by atoms with E-state index in [0.29, 0.717) is 29.4 Å². The molecule has 0 unspecified atom stereocenters. The van der Waals surface area contributed by atoms with E-state index in [2.05, 4.69) is 4.98 Å². The lowest BCUT2D eigenvalue weighted by Crippen LogP contribution is -2.42. The SMILES string of the molecule is CN(C(=O)[C@@H]1CCCN1C#N)c1nc(-c2cccc(C(F)(F)F)c2)cs1. The molecule has 0 saturated carbocycles. The largest absolute Gasteiger partial charge is 0.416 e. The van der Waals surface area contributed by atoms with Gasteiger partial charge in [-0.1, -0.05) is 12.1 Å². The molecule has 136 valence electrons. The Balaban J connectivity index is 1.82. The first kappa shape index (κ1) is 18.2. The van der Waals surface area contributed by atoms with Crippen LogP contribution in [0.15, 0.2) is 29.6 Å².